The molecule has 3 aromatic rings. The molecule has 0 unspecified atom stereocenters. The van der Waals surface area contributed by atoms with Crippen molar-refractivity contribution >= 4 is 34.3 Å². The highest BCUT2D eigenvalue weighted by Gasteiger charge is 2.23. The van der Waals surface area contributed by atoms with E-state index in [0.717, 1.165) is 79.2 Å². The van der Waals surface area contributed by atoms with Gasteiger partial charge in [0.2, 0.25) is 11.9 Å². The molecule has 2 aliphatic heterocycles. The highest BCUT2D eigenvalue weighted by molar-refractivity contribution is 5.95. The SMILES string of the molecule is Cc1cc(N2CCC(C)CC2)nc(N2CCN(CC(=O)Nc3ccc4c(ccn4C)c3)CC2)n1. The molecule has 2 saturated heterocycles. The molecule has 4 heterocycles. The van der Waals surface area contributed by atoms with Crippen LogP contribution in [0.4, 0.5) is 17.5 Å². The molecule has 0 radical (unpaired) electrons. The van der Waals surface area contributed by atoms with Crippen molar-refractivity contribution in [2.45, 2.75) is 26.7 Å². The summed E-state index contributed by atoms with van der Waals surface area (Å²) in [6.07, 6.45) is 4.47. The molecule has 1 N–H and O–H groups in total. The van der Waals surface area contributed by atoms with Crippen LogP contribution in [0.2, 0.25) is 0 Å². The second-order valence-electron chi connectivity index (χ2n) is 9.85. The van der Waals surface area contributed by atoms with Crippen molar-refractivity contribution in [3.8, 4) is 0 Å². The summed E-state index contributed by atoms with van der Waals surface area (Å²) >= 11 is 0. The van der Waals surface area contributed by atoms with Gasteiger partial charge in [0.05, 0.1) is 6.54 Å². The Balaban J connectivity index is 1.15. The number of carbonyl (C=O) groups excluding carboxylic acids is 1. The number of rotatable bonds is 5. The van der Waals surface area contributed by atoms with Gasteiger partial charge in [-0.3, -0.25) is 9.69 Å². The molecular weight excluding hydrogens is 426 g/mol. The summed E-state index contributed by atoms with van der Waals surface area (Å²) in [5.74, 6) is 2.68. The molecule has 1 amide bonds. The van der Waals surface area contributed by atoms with Gasteiger partial charge in [0, 0.05) is 80.9 Å². The number of amides is 1. The fourth-order valence-electron chi connectivity index (χ4n) is 4.95. The molecule has 2 fully saturated rings. The number of nitrogens with zero attached hydrogens (tertiary/aromatic N) is 6. The lowest BCUT2D eigenvalue weighted by molar-refractivity contribution is -0.117. The zero-order chi connectivity index (χ0) is 23.7. The maximum Gasteiger partial charge on any atom is 0.238 e. The largest absolute Gasteiger partial charge is 0.356 e. The zero-order valence-corrected chi connectivity index (χ0v) is 20.5. The quantitative estimate of drug-likeness (QED) is 0.629. The normalized spacial score (nSPS) is 18.0. The predicted octanol–water partition coefficient (Wildman–Crippen LogP) is 3.27. The van der Waals surface area contributed by atoms with Crippen LogP contribution in [0.1, 0.15) is 25.5 Å². The van der Waals surface area contributed by atoms with Crippen LogP contribution >= 0.6 is 0 Å². The van der Waals surface area contributed by atoms with Crippen molar-refractivity contribution in [3.63, 3.8) is 0 Å². The Morgan fingerprint density at radius 1 is 1.00 bits per heavy atom. The van der Waals surface area contributed by atoms with Crippen molar-refractivity contribution in [3.05, 3.63) is 42.2 Å². The summed E-state index contributed by atoms with van der Waals surface area (Å²) in [6, 6.07) is 10.2. The molecule has 34 heavy (non-hydrogen) atoms. The minimum atomic E-state index is 0.0251. The van der Waals surface area contributed by atoms with E-state index in [2.05, 4.69) is 50.6 Å². The zero-order valence-electron chi connectivity index (χ0n) is 20.5. The number of carbonyl (C=O) groups is 1. The molecule has 0 atom stereocenters. The van der Waals surface area contributed by atoms with Gasteiger partial charge in [-0.2, -0.15) is 4.98 Å². The number of piperazine rings is 1. The van der Waals surface area contributed by atoms with Crippen LogP contribution < -0.4 is 15.1 Å². The molecule has 2 aromatic heterocycles. The number of benzene rings is 1. The van der Waals surface area contributed by atoms with E-state index in [-0.39, 0.29) is 5.91 Å². The maximum absolute atomic E-state index is 12.7. The van der Waals surface area contributed by atoms with E-state index < -0.39 is 0 Å². The molecule has 1 aromatic carbocycles. The van der Waals surface area contributed by atoms with Gasteiger partial charge in [-0.05, 0) is 49.9 Å². The number of nitrogens with one attached hydrogen (secondary N) is 1. The molecule has 0 saturated carbocycles. The first-order valence-corrected chi connectivity index (χ1v) is 12.4. The summed E-state index contributed by atoms with van der Waals surface area (Å²) in [6.45, 7) is 10.2. The molecule has 8 nitrogen and oxygen atoms in total. The first-order chi connectivity index (χ1) is 16.4. The lowest BCUT2D eigenvalue weighted by Gasteiger charge is -2.35. The summed E-state index contributed by atoms with van der Waals surface area (Å²) in [4.78, 5) is 29.1. The lowest BCUT2D eigenvalue weighted by atomic mass is 9.99. The Morgan fingerprint density at radius 2 is 1.76 bits per heavy atom. The van der Waals surface area contributed by atoms with Gasteiger partial charge in [-0.15, -0.1) is 0 Å². The minimum Gasteiger partial charge on any atom is -0.356 e. The Hall–Kier alpha value is -3.13. The van der Waals surface area contributed by atoms with Gasteiger partial charge < -0.3 is 19.7 Å². The van der Waals surface area contributed by atoms with Crippen LogP contribution in [0.25, 0.3) is 10.9 Å². The van der Waals surface area contributed by atoms with E-state index in [9.17, 15) is 4.79 Å². The molecular formula is C26H35N7O. The van der Waals surface area contributed by atoms with Crippen LogP contribution in [0, 0.1) is 12.8 Å². The van der Waals surface area contributed by atoms with Crippen LogP contribution in [0.5, 0.6) is 0 Å². The van der Waals surface area contributed by atoms with Gasteiger partial charge in [0.15, 0.2) is 0 Å². The fraction of sp³-hybridized carbons (Fsp3) is 0.500. The second kappa shape index (κ2) is 9.62. The maximum atomic E-state index is 12.7. The number of fused-ring (bicyclic) bond motifs is 1. The topological polar surface area (TPSA) is 69.5 Å². The molecule has 8 heteroatoms. The van der Waals surface area contributed by atoms with Crippen molar-refractivity contribution in [2.75, 3.05) is 60.9 Å². The van der Waals surface area contributed by atoms with E-state index >= 15 is 0 Å². The predicted molar refractivity (Wildman–Crippen MR) is 138 cm³/mol. The van der Waals surface area contributed by atoms with Crippen molar-refractivity contribution < 1.29 is 4.79 Å². The second-order valence-corrected chi connectivity index (χ2v) is 9.85. The number of aryl methyl sites for hydroxylation is 2. The monoisotopic (exact) mass is 461 g/mol. The number of hydrogen-bond acceptors (Lipinski definition) is 6. The molecule has 0 aliphatic carbocycles. The molecule has 5 rings (SSSR count). The lowest BCUT2D eigenvalue weighted by Crippen LogP contribution is -2.49. The highest BCUT2D eigenvalue weighted by Crippen LogP contribution is 2.24. The average Bonchev–Trinajstić information content (AvgIpc) is 3.19. The van der Waals surface area contributed by atoms with Gasteiger partial charge in [0.25, 0.3) is 0 Å². The van der Waals surface area contributed by atoms with E-state index in [1.165, 1.54) is 12.8 Å². The molecule has 0 bridgehead atoms. The van der Waals surface area contributed by atoms with Crippen LogP contribution in [-0.2, 0) is 11.8 Å². The Kier molecular flexibility index (Phi) is 6.41. The van der Waals surface area contributed by atoms with Crippen molar-refractivity contribution in [1.29, 1.82) is 0 Å². The summed E-state index contributed by atoms with van der Waals surface area (Å²) in [7, 11) is 2.02. The number of hydrogen-bond donors (Lipinski definition) is 1. The van der Waals surface area contributed by atoms with Crippen LogP contribution in [0.15, 0.2) is 36.5 Å². The average molecular weight is 462 g/mol. The number of aromatic nitrogens is 3. The Bertz CT molecular complexity index is 1160. The van der Waals surface area contributed by atoms with Crippen LogP contribution in [-0.4, -0.2) is 71.2 Å². The summed E-state index contributed by atoms with van der Waals surface area (Å²) in [5.41, 5.74) is 3.01. The fourth-order valence-corrected chi connectivity index (χ4v) is 4.95. The summed E-state index contributed by atoms with van der Waals surface area (Å²) < 4.78 is 2.08. The Labute approximate surface area is 201 Å². The van der Waals surface area contributed by atoms with Crippen LogP contribution in [0.3, 0.4) is 0 Å². The van der Waals surface area contributed by atoms with Crippen molar-refractivity contribution in [1.82, 2.24) is 19.4 Å². The highest BCUT2D eigenvalue weighted by atomic mass is 16.2. The van der Waals surface area contributed by atoms with E-state index in [1.54, 1.807) is 0 Å². The standard InChI is InChI=1S/C26H35N7O/c1-19-6-10-32(11-7-19)24-16-20(2)27-26(29-24)33-14-12-31(13-15-33)18-25(34)28-22-4-5-23-21(17-22)8-9-30(23)3/h4-5,8-9,16-17,19H,6-7,10-15,18H2,1-3H3,(H,28,34). The van der Waals surface area contributed by atoms with Gasteiger partial charge in [-0.25, -0.2) is 4.98 Å². The van der Waals surface area contributed by atoms with E-state index in [4.69, 9.17) is 9.97 Å². The number of piperidine rings is 1. The molecule has 0 spiro atoms. The summed E-state index contributed by atoms with van der Waals surface area (Å²) in [5, 5.41) is 4.18. The van der Waals surface area contributed by atoms with Crippen molar-refractivity contribution in [2.24, 2.45) is 13.0 Å². The number of anilines is 3. The Morgan fingerprint density at radius 3 is 2.53 bits per heavy atom. The first-order valence-electron chi connectivity index (χ1n) is 12.4. The van der Waals surface area contributed by atoms with E-state index in [0.29, 0.717) is 6.54 Å². The third kappa shape index (κ3) is 5.01. The minimum absolute atomic E-state index is 0.0251. The van der Waals surface area contributed by atoms with E-state index in [1.807, 2.05) is 31.4 Å². The smallest absolute Gasteiger partial charge is 0.238 e. The van der Waals surface area contributed by atoms with Gasteiger partial charge in [-0.1, -0.05) is 6.92 Å². The molecule has 2 aliphatic rings. The molecule has 180 valence electrons. The third-order valence-corrected chi connectivity index (χ3v) is 7.13. The van der Waals surface area contributed by atoms with Gasteiger partial charge in [0.1, 0.15) is 5.82 Å². The third-order valence-electron chi connectivity index (χ3n) is 7.13. The van der Waals surface area contributed by atoms with Gasteiger partial charge >= 0.3 is 0 Å². The first kappa shape index (κ1) is 22.7.